The van der Waals surface area contributed by atoms with E-state index in [1.54, 1.807) is 13.8 Å². The second kappa shape index (κ2) is 7.57. The smallest absolute Gasteiger partial charge is 0.367 e. The predicted octanol–water partition coefficient (Wildman–Crippen LogP) is 1.48. The number of rotatable bonds is 7. The fraction of sp³-hybridized carbons (Fsp3) is 0.556. The third kappa shape index (κ3) is 4.56. The van der Waals surface area contributed by atoms with Crippen LogP contribution in [0.1, 0.15) is 13.8 Å². The van der Waals surface area contributed by atoms with Crippen molar-refractivity contribution >= 4 is 13.9 Å². The molecule has 1 N–H and O–H groups in total. The van der Waals surface area contributed by atoms with Crippen LogP contribution in [-0.2, 0) is 18.4 Å². The van der Waals surface area contributed by atoms with Gasteiger partial charge < -0.3 is 14.2 Å². The van der Waals surface area contributed by atoms with Gasteiger partial charge in [-0.3, -0.25) is 9.36 Å². The maximum absolute atomic E-state index is 12.0. The molecule has 0 aliphatic heterocycles. The first kappa shape index (κ1) is 14.3. The number of carbonyl (C=O) groups is 1. The van der Waals surface area contributed by atoms with Gasteiger partial charge in [0, 0.05) is 6.08 Å². The minimum atomic E-state index is -3.49. The van der Waals surface area contributed by atoms with E-state index < -0.39 is 14.2 Å². The minimum absolute atomic E-state index is 0.0432. The van der Waals surface area contributed by atoms with Crippen LogP contribution >= 0.6 is 7.60 Å². The first-order valence-electron chi connectivity index (χ1n) is 4.54. The number of aldehydes is 1. The lowest BCUT2D eigenvalue weighted by atomic mass is 10.5. The fourth-order valence-corrected chi connectivity index (χ4v) is 2.35. The highest BCUT2D eigenvalue weighted by Gasteiger charge is 2.28. The van der Waals surface area contributed by atoms with Crippen molar-refractivity contribution in [3.8, 4) is 0 Å². The van der Waals surface area contributed by atoms with Crippen LogP contribution < -0.4 is 0 Å². The molecule has 6 heteroatoms. The topological polar surface area (TPSA) is 72.8 Å². The van der Waals surface area contributed by atoms with Gasteiger partial charge in [0.15, 0.2) is 6.29 Å². The summed E-state index contributed by atoms with van der Waals surface area (Å²) in [5.41, 5.74) is 2.39. The molecule has 0 heterocycles. The van der Waals surface area contributed by atoms with Gasteiger partial charge in [0.1, 0.15) is 5.31 Å². The van der Waals surface area contributed by atoms with E-state index in [-0.39, 0.29) is 18.5 Å². The molecule has 0 unspecified atom stereocenters. The van der Waals surface area contributed by atoms with Crippen LogP contribution in [0.25, 0.3) is 0 Å². The normalized spacial score (nSPS) is 10.6. The molecule has 0 saturated carbocycles. The van der Waals surface area contributed by atoms with E-state index in [0.717, 1.165) is 6.08 Å². The second-order valence-electron chi connectivity index (χ2n) is 2.38. The van der Waals surface area contributed by atoms with Crippen LogP contribution in [0, 0.1) is 0 Å². The molecule has 0 bridgehead atoms. The zero-order chi connectivity index (χ0) is 11.7. The monoisotopic (exact) mass is 234 g/mol. The summed E-state index contributed by atoms with van der Waals surface area (Å²) in [5, 5.41) is 8.93. The second-order valence-corrected chi connectivity index (χ2v) is 4.44. The molecule has 0 aromatic heterocycles. The average Bonchev–Trinajstić information content (AvgIpc) is 2.19. The van der Waals surface area contributed by atoms with Crippen molar-refractivity contribution in [1.82, 2.24) is 0 Å². The van der Waals surface area contributed by atoms with Crippen molar-refractivity contribution in [3.63, 3.8) is 0 Å². The van der Waals surface area contributed by atoms with Crippen molar-refractivity contribution in [2.45, 2.75) is 13.8 Å². The zero-order valence-electron chi connectivity index (χ0n) is 8.80. The maximum Gasteiger partial charge on any atom is 0.367 e. The first-order chi connectivity index (χ1) is 7.14. The molecular weight excluding hydrogens is 219 g/mol. The van der Waals surface area contributed by atoms with Crippen molar-refractivity contribution in [2.24, 2.45) is 0 Å². The molecule has 0 aliphatic rings. The summed E-state index contributed by atoms with van der Waals surface area (Å²) in [7, 11) is -3.49. The number of hydrogen-bond acceptors (Lipinski definition) is 5. The van der Waals surface area contributed by atoms with E-state index in [0.29, 0.717) is 6.29 Å². The number of aliphatic hydroxyl groups is 1. The Hall–Kier alpha value is -0.700. The molecule has 0 aliphatic carbocycles. The molecule has 0 atom stereocenters. The quantitative estimate of drug-likeness (QED) is 0.312. The molecule has 0 spiro atoms. The van der Waals surface area contributed by atoms with Crippen LogP contribution in [0.15, 0.2) is 17.1 Å². The Morgan fingerprint density at radius 3 is 2.27 bits per heavy atom. The highest BCUT2D eigenvalue weighted by atomic mass is 31.2. The predicted molar refractivity (Wildman–Crippen MR) is 55.6 cm³/mol. The third-order valence-corrected chi connectivity index (χ3v) is 3.52. The van der Waals surface area contributed by atoms with Crippen LogP contribution in [0.2, 0.25) is 0 Å². The Labute approximate surface area is 88.9 Å². The Morgan fingerprint density at radius 1 is 1.40 bits per heavy atom. The molecule has 0 aromatic rings. The van der Waals surface area contributed by atoms with Crippen molar-refractivity contribution in [2.75, 3.05) is 19.8 Å². The molecule has 86 valence electrons. The molecule has 15 heavy (non-hydrogen) atoms. The molecule has 0 saturated heterocycles. The molecule has 0 amide bonds. The van der Waals surface area contributed by atoms with Gasteiger partial charge in [-0.1, -0.05) is 0 Å². The van der Waals surface area contributed by atoms with Crippen molar-refractivity contribution < 1.29 is 23.5 Å². The lowest BCUT2D eigenvalue weighted by molar-refractivity contribution is -0.104. The Bertz CT molecular complexity index is 294. The summed E-state index contributed by atoms with van der Waals surface area (Å²) in [6.07, 6.45) is 1.48. The van der Waals surface area contributed by atoms with E-state index in [1.165, 1.54) is 0 Å². The molecule has 5 nitrogen and oxygen atoms in total. The van der Waals surface area contributed by atoms with Crippen LogP contribution in [0.5, 0.6) is 0 Å². The van der Waals surface area contributed by atoms with Gasteiger partial charge in [0.2, 0.25) is 0 Å². The molecular formula is C9H15O5P. The SMILES string of the molecule is CCOP(=O)(OCC)C(=C=CC=O)CO. The standard InChI is InChI=1S/C9H15O5P/c1-3-13-15(12,14-4-2)9(8-11)6-5-7-10/h5,7,11H,3-4,8H2,1-2H3. The lowest BCUT2D eigenvalue weighted by Gasteiger charge is -2.16. The molecule has 0 aromatic carbocycles. The Morgan fingerprint density at radius 2 is 1.93 bits per heavy atom. The Balaban J connectivity index is 5.10. The van der Waals surface area contributed by atoms with E-state index in [1.807, 2.05) is 0 Å². The van der Waals surface area contributed by atoms with Gasteiger partial charge in [-0.2, -0.15) is 0 Å². The van der Waals surface area contributed by atoms with Gasteiger partial charge in [0.25, 0.3) is 0 Å². The van der Waals surface area contributed by atoms with E-state index in [2.05, 4.69) is 5.73 Å². The fourth-order valence-electron chi connectivity index (χ4n) is 0.875. The van der Waals surface area contributed by atoms with Crippen LogP contribution in [0.4, 0.5) is 0 Å². The summed E-state index contributed by atoms with van der Waals surface area (Å²) >= 11 is 0. The van der Waals surface area contributed by atoms with Crippen LogP contribution in [0.3, 0.4) is 0 Å². The zero-order valence-corrected chi connectivity index (χ0v) is 9.70. The van der Waals surface area contributed by atoms with Crippen LogP contribution in [-0.4, -0.2) is 31.2 Å². The minimum Gasteiger partial charge on any atom is -0.391 e. The number of aliphatic hydroxyl groups excluding tert-OH is 1. The van der Waals surface area contributed by atoms with E-state index in [4.69, 9.17) is 14.2 Å². The summed E-state index contributed by atoms with van der Waals surface area (Å²) < 4.78 is 21.9. The summed E-state index contributed by atoms with van der Waals surface area (Å²) in [5.74, 6) is 0. The van der Waals surface area contributed by atoms with Gasteiger partial charge in [0.05, 0.1) is 19.8 Å². The highest BCUT2D eigenvalue weighted by Crippen LogP contribution is 2.55. The largest absolute Gasteiger partial charge is 0.391 e. The third-order valence-electron chi connectivity index (χ3n) is 1.40. The highest BCUT2D eigenvalue weighted by molar-refractivity contribution is 7.58. The summed E-state index contributed by atoms with van der Waals surface area (Å²) in [4.78, 5) is 10.1. The molecule has 0 radical (unpaired) electrons. The van der Waals surface area contributed by atoms with Gasteiger partial charge in [-0.15, -0.1) is 5.73 Å². The van der Waals surface area contributed by atoms with E-state index in [9.17, 15) is 9.36 Å². The molecule has 0 fully saturated rings. The van der Waals surface area contributed by atoms with Crippen molar-refractivity contribution in [1.29, 1.82) is 0 Å². The first-order valence-corrected chi connectivity index (χ1v) is 6.08. The lowest BCUT2D eigenvalue weighted by Crippen LogP contribution is -2.01. The van der Waals surface area contributed by atoms with Gasteiger partial charge in [-0.25, -0.2) is 0 Å². The summed E-state index contributed by atoms with van der Waals surface area (Å²) in [6.45, 7) is 3.16. The van der Waals surface area contributed by atoms with Crippen molar-refractivity contribution in [3.05, 3.63) is 17.1 Å². The summed E-state index contributed by atoms with van der Waals surface area (Å²) in [6, 6.07) is 0. The number of carbonyl (C=O) groups excluding carboxylic acids is 1. The van der Waals surface area contributed by atoms with E-state index >= 15 is 0 Å². The van der Waals surface area contributed by atoms with Gasteiger partial charge in [-0.05, 0) is 13.8 Å². The Kier molecular flexibility index (Phi) is 7.22. The average molecular weight is 234 g/mol. The van der Waals surface area contributed by atoms with Gasteiger partial charge >= 0.3 is 7.60 Å². The molecule has 0 rings (SSSR count). The maximum atomic E-state index is 12.0. The number of hydrogen-bond donors (Lipinski definition) is 1.